The van der Waals surface area contributed by atoms with Crippen molar-refractivity contribution in [2.24, 2.45) is 0 Å². The summed E-state index contributed by atoms with van der Waals surface area (Å²) in [5.41, 5.74) is 1.57. The number of oxazole rings is 1. The molecule has 2 N–H and O–H groups in total. The maximum Gasteiger partial charge on any atom is 0.319 e. The Morgan fingerprint density at radius 3 is 2.52 bits per heavy atom. The lowest BCUT2D eigenvalue weighted by atomic mass is 10.2. The molecule has 1 aromatic heterocycles. The molecule has 1 aromatic carbocycles. The van der Waals surface area contributed by atoms with E-state index in [2.05, 4.69) is 29.5 Å². The molecule has 0 aliphatic rings. The Balaban J connectivity index is 1.97. The fraction of sp³-hybridized carbons (Fsp3) is 0.412. The van der Waals surface area contributed by atoms with Crippen LogP contribution >= 0.6 is 0 Å². The first-order valence-corrected chi connectivity index (χ1v) is 7.62. The highest BCUT2D eigenvalue weighted by atomic mass is 16.5. The zero-order valence-corrected chi connectivity index (χ0v) is 13.9. The lowest BCUT2D eigenvalue weighted by Crippen LogP contribution is -2.38. The van der Waals surface area contributed by atoms with E-state index in [1.807, 2.05) is 31.2 Å². The average molecular weight is 317 g/mol. The monoisotopic (exact) mass is 317 g/mol. The number of amides is 2. The van der Waals surface area contributed by atoms with Gasteiger partial charge in [0.2, 0.25) is 5.89 Å². The highest BCUT2D eigenvalue weighted by Gasteiger charge is 2.10. The molecular formula is C17H23N3O3. The zero-order chi connectivity index (χ0) is 16.8. The Kier molecular flexibility index (Phi) is 5.76. The minimum atomic E-state index is -0.263. The molecule has 0 saturated heterocycles. The first-order valence-electron chi connectivity index (χ1n) is 7.62. The maximum absolute atomic E-state index is 11.8. The van der Waals surface area contributed by atoms with Gasteiger partial charge in [-0.25, -0.2) is 9.78 Å². The molecule has 0 aliphatic carbocycles. The molecule has 0 aliphatic heterocycles. The molecule has 0 spiro atoms. The van der Waals surface area contributed by atoms with Gasteiger partial charge >= 0.3 is 6.03 Å². The minimum Gasteiger partial charge on any atom is -0.441 e. The molecular weight excluding hydrogens is 294 g/mol. The summed E-state index contributed by atoms with van der Waals surface area (Å²) >= 11 is 0. The van der Waals surface area contributed by atoms with Gasteiger partial charge in [-0.3, -0.25) is 0 Å². The SMILES string of the molecule is COC[C@H](C)NC(=O)Nc1ccc(-c2ncc(C(C)C)o2)cc1. The second-order valence-electron chi connectivity index (χ2n) is 5.75. The summed E-state index contributed by atoms with van der Waals surface area (Å²) in [6.07, 6.45) is 1.75. The van der Waals surface area contributed by atoms with Crippen molar-refractivity contribution in [2.75, 3.05) is 19.0 Å². The minimum absolute atomic E-state index is 0.0546. The molecule has 124 valence electrons. The molecule has 2 rings (SSSR count). The van der Waals surface area contributed by atoms with Crippen molar-refractivity contribution in [1.82, 2.24) is 10.3 Å². The third-order valence-electron chi connectivity index (χ3n) is 3.28. The summed E-state index contributed by atoms with van der Waals surface area (Å²) < 4.78 is 10.7. The van der Waals surface area contributed by atoms with Crippen LogP contribution in [-0.4, -0.2) is 30.8 Å². The number of carbonyl (C=O) groups excluding carboxylic acids is 1. The Morgan fingerprint density at radius 1 is 1.26 bits per heavy atom. The molecule has 0 fully saturated rings. The number of rotatable bonds is 6. The standard InChI is InChI=1S/C17H23N3O3/c1-11(2)15-9-18-16(23-15)13-5-7-14(8-6-13)20-17(21)19-12(3)10-22-4/h5-9,11-12H,10H2,1-4H3,(H2,19,20,21)/t12-/m0/s1. The molecule has 2 amide bonds. The summed E-state index contributed by atoms with van der Waals surface area (Å²) in [5, 5.41) is 5.56. The van der Waals surface area contributed by atoms with E-state index in [9.17, 15) is 4.79 Å². The second kappa shape index (κ2) is 7.78. The Morgan fingerprint density at radius 2 is 1.96 bits per heavy atom. The number of hydrogen-bond acceptors (Lipinski definition) is 4. The first kappa shape index (κ1) is 17.0. The number of urea groups is 1. The third-order valence-corrected chi connectivity index (χ3v) is 3.28. The van der Waals surface area contributed by atoms with Gasteiger partial charge in [0.25, 0.3) is 0 Å². The Hall–Kier alpha value is -2.34. The molecule has 1 atom stereocenters. The van der Waals surface area contributed by atoms with Gasteiger partial charge in [0.15, 0.2) is 0 Å². The van der Waals surface area contributed by atoms with Gasteiger partial charge in [-0.05, 0) is 31.2 Å². The fourth-order valence-electron chi connectivity index (χ4n) is 2.07. The van der Waals surface area contributed by atoms with Crippen molar-refractivity contribution in [3.8, 4) is 11.5 Å². The number of carbonyl (C=O) groups is 1. The maximum atomic E-state index is 11.8. The van der Waals surface area contributed by atoms with Crippen LogP contribution in [0.25, 0.3) is 11.5 Å². The van der Waals surface area contributed by atoms with Crippen molar-refractivity contribution in [3.05, 3.63) is 36.2 Å². The summed E-state index contributed by atoms with van der Waals surface area (Å²) in [4.78, 5) is 16.1. The average Bonchev–Trinajstić information content (AvgIpc) is 2.98. The van der Waals surface area contributed by atoms with E-state index >= 15 is 0 Å². The van der Waals surface area contributed by atoms with Gasteiger partial charge in [0.1, 0.15) is 5.76 Å². The van der Waals surface area contributed by atoms with E-state index in [4.69, 9.17) is 9.15 Å². The summed E-state index contributed by atoms with van der Waals surface area (Å²) in [5.74, 6) is 1.74. The van der Waals surface area contributed by atoms with E-state index < -0.39 is 0 Å². The van der Waals surface area contributed by atoms with Crippen LogP contribution in [-0.2, 0) is 4.74 Å². The van der Waals surface area contributed by atoms with Crippen LogP contribution in [0.3, 0.4) is 0 Å². The predicted molar refractivity (Wildman–Crippen MR) is 89.5 cm³/mol. The highest BCUT2D eigenvalue weighted by Crippen LogP contribution is 2.24. The van der Waals surface area contributed by atoms with Crippen molar-refractivity contribution >= 4 is 11.7 Å². The van der Waals surface area contributed by atoms with Gasteiger partial charge in [-0.2, -0.15) is 0 Å². The highest BCUT2D eigenvalue weighted by molar-refractivity contribution is 5.89. The molecule has 0 saturated carbocycles. The van der Waals surface area contributed by atoms with Crippen LogP contribution in [0.2, 0.25) is 0 Å². The molecule has 6 nitrogen and oxygen atoms in total. The molecule has 2 aromatic rings. The normalized spacial score (nSPS) is 12.2. The zero-order valence-electron chi connectivity index (χ0n) is 13.9. The summed E-state index contributed by atoms with van der Waals surface area (Å²) in [6.45, 7) is 6.46. The molecule has 1 heterocycles. The molecule has 23 heavy (non-hydrogen) atoms. The van der Waals surface area contributed by atoms with E-state index in [0.717, 1.165) is 11.3 Å². The van der Waals surface area contributed by atoms with Crippen LogP contribution in [0.15, 0.2) is 34.9 Å². The van der Waals surface area contributed by atoms with Gasteiger partial charge in [0, 0.05) is 24.3 Å². The van der Waals surface area contributed by atoms with Gasteiger partial charge < -0.3 is 19.8 Å². The van der Waals surface area contributed by atoms with Gasteiger partial charge in [-0.15, -0.1) is 0 Å². The van der Waals surface area contributed by atoms with Crippen molar-refractivity contribution in [3.63, 3.8) is 0 Å². The number of benzene rings is 1. The van der Waals surface area contributed by atoms with E-state index in [0.29, 0.717) is 24.1 Å². The number of anilines is 1. The van der Waals surface area contributed by atoms with Crippen LogP contribution in [0, 0.1) is 0 Å². The van der Waals surface area contributed by atoms with Crippen molar-refractivity contribution < 1.29 is 13.9 Å². The topological polar surface area (TPSA) is 76.4 Å². The van der Waals surface area contributed by atoms with Crippen LogP contribution in [0.4, 0.5) is 10.5 Å². The Labute approximate surface area is 136 Å². The van der Waals surface area contributed by atoms with Crippen LogP contribution < -0.4 is 10.6 Å². The molecule has 0 bridgehead atoms. The lowest BCUT2D eigenvalue weighted by Gasteiger charge is -2.13. The largest absolute Gasteiger partial charge is 0.441 e. The predicted octanol–water partition coefficient (Wildman–Crippen LogP) is 3.62. The van der Waals surface area contributed by atoms with Crippen molar-refractivity contribution in [1.29, 1.82) is 0 Å². The van der Waals surface area contributed by atoms with Gasteiger partial charge in [0.05, 0.1) is 18.8 Å². The first-order chi connectivity index (χ1) is 11.0. The smallest absolute Gasteiger partial charge is 0.319 e. The number of aromatic nitrogens is 1. The van der Waals surface area contributed by atoms with Gasteiger partial charge in [-0.1, -0.05) is 13.8 Å². The quantitative estimate of drug-likeness (QED) is 0.853. The number of methoxy groups -OCH3 is 1. The lowest BCUT2D eigenvalue weighted by molar-refractivity contribution is 0.173. The van der Waals surface area contributed by atoms with E-state index in [-0.39, 0.29) is 12.1 Å². The van der Waals surface area contributed by atoms with E-state index in [1.165, 1.54) is 0 Å². The number of nitrogens with one attached hydrogen (secondary N) is 2. The third kappa shape index (κ3) is 4.82. The Bertz CT molecular complexity index is 635. The molecule has 6 heteroatoms. The second-order valence-corrected chi connectivity index (χ2v) is 5.75. The number of hydrogen-bond donors (Lipinski definition) is 2. The van der Waals surface area contributed by atoms with E-state index in [1.54, 1.807) is 13.3 Å². The fourth-order valence-corrected chi connectivity index (χ4v) is 2.07. The molecule has 0 radical (unpaired) electrons. The summed E-state index contributed by atoms with van der Waals surface area (Å²) in [7, 11) is 1.60. The number of nitrogens with zero attached hydrogens (tertiary/aromatic N) is 1. The van der Waals surface area contributed by atoms with Crippen molar-refractivity contribution in [2.45, 2.75) is 32.7 Å². The molecule has 0 unspecified atom stereocenters. The number of ether oxygens (including phenoxy) is 1. The van der Waals surface area contributed by atoms with Crippen LogP contribution in [0.5, 0.6) is 0 Å². The summed E-state index contributed by atoms with van der Waals surface area (Å²) in [6, 6.07) is 7.04. The van der Waals surface area contributed by atoms with Crippen LogP contribution in [0.1, 0.15) is 32.4 Å².